The fourth-order valence-corrected chi connectivity index (χ4v) is 3.51. The number of nitrogens with zero attached hydrogens (tertiary/aromatic N) is 4. The van der Waals surface area contributed by atoms with E-state index in [1.165, 1.54) is 16.7 Å². The van der Waals surface area contributed by atoms with Crippen molar-refractivity contribution in [2.45, 2.75) is 32.0 Å². The summed E-state index contributed by atoms with van der Waals surface area (Å²) in [6.45, 7) is 4.93. The summed E-state index contributed by atoms with van der Waals surface area (Å²) in [5.41, 5.74) is 0.408. The number of halogens is 1. The SMILES string of the molecule is CC(C)Cn1c(SCC(=O)N(C)CCC#N)nc2ccc(Cl)cc2c1=O. The molecule has 0 saturated heterocycles. The van der Waals surface area contributed by atoms with Gasteiger partial charge in [-0.1, -0.05) is 37.2 Å². The first-order chi connectivity index (χ1) is 12.3. The summed E-state index contributed by atoms with van der Waals surface area (Å²) in [6.07, 6.45) is 0.292. The number of benzene rings is 1. The molecule has 0 saturated carbocycles. The molecular formula is C18H21ClN4O2S. The first-order valence-corrected chi connectivity index (χ1v) is 9.63. The monoisotopic (exact) mass is 392 g/mol. The second-order valence-corrected chi connectivity index (χ2v) is 7.76. The molecule has 8 heteroatoms. The van der Waals surface area contributed by atoms with Gasteiger partial charge in [0.15, 0.2) is 5.16 Å². The van der Waals surface area contributed by atoms with Crippen molar-refractivity contribution in [2.75, 3.05) is 19.3 Å². The summed E-state index contributed by atoms with van der Waals surface area (Å²) in [7, 11) is 1.66. The Labute approximate surface area is 161 Å². The number of aromatic nitrogens is 2. The molecule has 26 heavy (non-hydrogen) atoms. The zero-order chi connectivity index (χ0) is 19.3. The summed E-state index contributed by atoms with van der Waals surface area (Å²) in [6, 6.07) is 7.05. The Kier molecular flexibility index (Phi) is 7.06. The maximum Gasteiger partial charge on any atom is 0.262 e. The van der Waals surface area contributed by atoms with Gasteiger partial charge in [0.25, 0.3) is 5.56 Å². The average molecular weight is 393 g/mol. The van der Waals surface area contributed by atoms with E-state index in [4.69, 9.17) is 16.9 Å². The lowest BCUT2D eigenvalue weighted by Gasteiger charge is -2.17. The van der Waals surface area contributed by atoms with E-state index in [0.29, 0.717) is 40.6 Å². The second kappa shape index (κ2) is 9.06. The number of hydrogen-bond donors (Lipinski definition) is 0. The Balaban J connectivity index is 2.33. The summed E-state index contributed by atoms with van der Waals surface area (Å²) in [5.74, 6) is 0.303. The topological polar surface area (TPSA) is 79.0 Å². The molecule has 0 radical (unpaired) electrons. The molecule has 1 aromatic carbocycles. The third-order valence-corrected chi connectivity index (χ3v) is 4.93. The summed E-state index contributed by atoms with van der Waals surface area (Å²) < 4.78 is 1.61. The Bertz CT molecular complexity index is 904. The molecular weight excluding hydrogens is 372 g/mol. The molecule has 0 spiro atoms. The Morgan fingerprint density at radius 2 is 2.19 bits per heavy atom. The number of nitriles is 1. The highest BCUT2D eigenvalue weighted by molar-refractivity contribution is 7.99. The highest BCUT2D eigenvalue weighted by atomic mass is 35.5. The average Bonchev–Trinajstić information content (AvgIpc) is 2.60. The molecule has 2 rings (SSSR count). The summed E-state index contributed by atoms with van der Waals surface area (Å²) in [4.78, 5) is 31.2. The molecule has 0 aliphatic carbocycles. The molecule has 0 aliphatic heterocycles. The van der Waals surface area contributed by atoms with Crippen molar-refractivity contribution in [1.82, 2.24) is 14.5 Å². The van der Waals surface area contributed by atoms with E-state index in [-0.39, 0.29) is 23.1 Å². The van der Waals surface area contributed by atoms with Crippen LogP contribution in [0.2, 0.25) is 5.02 Å². The van der Waals surface area contributed by atoms with E-state index in [0.717, 1.165) is 0 Å². The normalized spacial score (nSPS) is 10.9. The fourth-order valence-electron chi connectivity index (χ4n) is 2.39. The van der Waals surface area contributed by atoms with E-state index in [1.807, 2.05) is 19.9 Å². The third-order valence-electron chi connectivity index (χ3n) is 3.74. The van der Waals surface area contributed by atoms with Gasteiger partial charge in [-0.3, -0.25) is 14.2 Å². The molecule has 138 valence electrons. The largest absolute Gasteiger partial charge is 0.344 e. The Hall–Kier alpha value is -2.04. The lowest BCUT2D eigenvalue weighted by atomic mass is 10.2. The van der Waals surface area contributed by atoms with Crippen LogP contribution in [0.3, 0.4) is 0 Å². The number of fused-ring (bicyclic) bond motifs is 1. The van der Waals surface area contributed by atoms with Crippen LogP contribution in [0, 0.1) is 17.2 Å². The van der Waals surface area contributed by atoms with Crippen molar-refractivity contribution < 1.29 is 4.79 Å². The van der Waals surface area contributed by atoms with Crippen LogP contribution in [0.25, 0.3) is 10.9 Å². The summed E-state index contributed by atoms with van der Waals surface area (Å²) >= 11 is 7.25. The predicted molar refractivity (Wildman–Crippen MR) is 104 cm³/mol. The number of hydrogen-bond acceptors (Lipinski definition) is 5. The van der Waals surface area contributed by atoms with Gasteiger partial charge in [-0.2, -0.15) is 5.26 Å². The Morgan fingerprint density at radius 3 is 2.85 bits per heavy atom. The van der Waals surface area contributed by atoms with Crippen LogP contribution in [0.5, 0.6) is 0 Å². The number of amides is 1. The van der Waals surface area contributed by atoms with Gasteiger partial charge in [0.2, 0.25) is 5.91 Å². The zero-order valence-electron chi connectivity index (χ0n) is 15.0. The quantitative estimate of drug-likeness (QED) is 0.534. The minimum Gasteiger partial charge on any atom is -0.344 e. The molecule has 1 amide bonds. The number of rotatable bonds is 7. The van der Waals surface area contributed by atoms with Crippen LogP contribution in [-0.2, 0) is 11.3 Å². The number of thioether (sulfide) groups is 1. The van der Waals surface area contributed by atoms with Crippen molar-refractivity contribution in [3.8, 4) is 6.07 Å². The van der Waals surface area contributed by atoms with Gasteiger partial charge in [0.05, 0.1) is 29.1 Å². The van der Waals surface area contributed by atoms with Crippen LogP contribution < -0.4 is 5.56 Å². The molecule has 0 fully saturated rings. The number of carbonyl (C=O) groups excluding carboxylic acids is 1. The van der Waals surface area contributed by atoms with Gasteiger partial charge < -0.3 is 4.90 Å². The minimum absolute atomic E-state index is 0.105. The smallest absolute Gasteiger partial charge is 0.262 e. The van der Waals surface area contributed by atoms with Crippen LogP contribution in [0.15, 0.2) is 28.2 Å². The van der Waals surface area contributed by atoms with Crippen LogP contribution in [0.1, 0.15) is 20.3 Å². The van der Waals surface area contributed by atoms with E-state index in [1.54, 1.807) is 29.8 Å². The van der Waals surface area contributed by atoms with Gasteiger partial charge >= 0.3 is 0 Å². The molecule has 1 heterocycles. The van der Waals surface area contributed by atoms with Gasteiger partial charge in [-0.15, -0.1) is 0 Å². The molecule has 1 aromatic heterocycles. The maximum absolute atomic E-state index is 12.9. The Morgan fingerprint density at radius 1 is 1.46 bits per heavy atom. The van der Waals surface area contributed by atoms with E-state index in [9.17, 15) is 9.59 Å². The van der Waals surface area contributed by atoms with Crippen molar-refractivity contribution in [3.05, 3.63) is 33.6 Å². The highest BCUT2D eigenvalue weighted by Crippen LogP contribution is 2.21. The standard InChI is InChI=1S/C18H21ClN4O2S/c1-12(2)10-23-17(25)14-9-13(19)5-6-15(14)21-18(23)26-11-16(24)22(3)8-4-7-20/h5-6,9,12H,4,8,10-11H2,1-3H3. The van der Waals surface area contributed by atoms with E-state index in [2.05, 4.69) is 4.98 Å². The summed E-state index contributed by atoms with van der Waals surface area (Å²) in [5, 5.41) is 10.1. The molecule has 0 unspecified atom stereocenters. The lowest BCUT2D eigenvalue weighted by Crippen LogP contribution is -2.30. The second-order valence-electron chi connectivity index (χ2n) is 6.38. The van der Waals surface area contributed by atoms with Gasteiger partial charge in [0, 0.05) is 25.2 Å². The third kappa shape index (κ3) is 4.99. The predicted octanol–water partition coefficient (Wildman–Crippen LogP) is 3.17. The van der Waals surface area contributed by atoms with Gasteiger partial charge in [-0.05, 0) is 24.1 Å². The molecule has 0 bridgehead atoms. The molecule has 2 aromatic rings. The van der Waals surface area contributed by atoms with Crippen molar-refractivity contribution in [1.29, 1.82) is 5.26 Å². The maximum atomic E-state index is 12.9. The first kappa shape index (κ1) is 20.3. The lowest BCUT2D eigenvalue weighted by molar-refractivity contribution is -0.127. The van der Waals surface area contributed by atoms with Crippen LogP contribution >= 0.6 is 23.4 Å². The fraction of sp³-hybridized carbons (Fsp3) is 0.444. The molecule has 6 nitrogen and oxygen atoms in total. The molecule has 0 aliphatic rings. The van der Waals surface area contributed by atoms with Crippen molar-refractivity contribution in [2.24, 2.45) is 5.92 Å². The van der Waals surface area contributed by atoms with E-state index < -0.39 is 0 Å². The van der Waals surface area contributed by atoms with Crippen LogP contribution in [0.4, 0.5) is 0 Å². The van der Waals surface area contributed by atoms with Crippen molar-refractivity contribution >= 4 is 40.2 Å². The minimum atomic E-state index is -0.154. The first-order valence-electron chi connectivity index (χ1n) is 8.27. The van der Waals surface area contributed by atoms with E-state index >= 15 is 0 Å². The van der Waals surface area contributed by atoms with Crippen molar-refractivity contribution in [3.63, 3.8) is 0 Å². The van der Waals surface area contributed by atoms with Crippen LogP contribution in [-0.4, -0.2) is 39.7 Å². The highest BCUT2D eigenvalue weighted by Gasteiger charge is 2.16. The molecule has 0 atom stereocenters. The van der Waals surface area contributed by atoms with Gasteiger partial charge in [0.1, 0.15) is 0 Å². The van der Waals surface area contributed by atoms with Gasteiger partial charge in [-0.25, -0.2) is 4.98 Å². The number of carbonyl (C=O) groups is 1. The molecule has 0 N–H and O–H groups in total. The zero-order valence-corrected chi connectivity index (χ0v) is 16.6.